The third-order valence-electron chi connectivity index (χ3n) is 6.39. The average Bonchev–Trinajstić information content (AvgIpc) is 3.18. The quantitative estimate of drug-likeness (QED) is 0.789. The molecule has 0 atom stereocenters. The average molecular weight is 415 g/mol. The molecule has 1 aromatic carbocycles. The zero-order chi connectivity index (χ0) is 20.2. The number of aromatic nitrogens is 1. The van der Waals surface area contributed by atoms with E-state index in [9.17, 15) is 4.79 Å². The summed E-state index contributed by atoms with van der Waals surface area (Å²) in [6, 6.07) is 10.3. The minimum atomic E-state index is 0.0954. The number of amides is 1. The molecule has 0 spiro atoms. The van der Waals surface area contributed by atoms with E-state index in [1.54, 1.807) is 6.07 Å². The number of aryl methyl sites for hydroxylation is 1. The first-order chi connectivity index (χ1) is 14.1. The first-order valence-electron chi connectivity index (χ1n) is 10.8. The van der Waals surface area contributed by atoms with Crippen LogP contribution in [-0.4, -0.2) is 52.5 Å². The number of hydrogen-bond acceptors (Lipinski definition) is 3. The van der Waals surface area contributed by atoms with Gasteiger partial charge >= 0.3 is 0 Å². The van der Waals surface area contributed by atoms with E-state index in [4.69, 9.17) is 11.6 Å². The molecule has 0 unspecified atom stereocenters. The number of nitrogens with one attached hydrogen (secondary N) is 1. The number of rotatable bonds is 5. The molecule has 0 radical (unpaired) electrons. The van der Waals surface area contributed by atoms with Crippen molar-refractivity contribution >= 4 is 23.2 Å². The topological polar surface area (TPSA) is 40.5 Å². The molecule has 2 saturated heterocycles. The number of hydrogen-bond donors (Lipinski definition) is 1. The van der Waals surface area contributed by atoms with Gasteiger partial charge in [0.25, 0.3) is 5.91 Å². The number of halogens is 1. The summed E-state index contributed by atoms with van der Waals surface area (Å²) < 4.78 is 2.08. The van der Waals surface area contributed by atoms with Gasteiger partial charge in [0.1, 0.15) is 0 Å². The van der Waals surface area contributed by atoms with Gasteiger partial charge in [0.05, 0.1) is 17.3 Å². The summed E-state index contributed by atoms with van der Waals surface area (Å²) >= 11 is 6.47. The van der Waals surface area contributed by atoms with Crippen LogP contribution in [0.5, 0.6) is 0 Å². The van der Waals surface area contributed by atoms with Crippen LogP contribution >= 0.6 is 11.6 Å². The van der Waals surface area contributed by atoms with Crippen LogP contribution in [0.4, 0.5) is 5.69 Å². The van der Waals surface area contributed by atoms with E-state index in [0.717, 1.165) is 31.6 Å². The van der Waals surface area contributed by atoms with Crippen molar-refractivity contribution in [3.8, 4) is 0 Å². The first-order valence-corrected chi connectivity index (χ1v) is 11.2. The second kappa shape index (κ2) is 9.23. The second-order valence-electron chi connectivity index (χ2n) is 8.28. The lowest BCUT2D eigenvalue weighted by Gasteiger charge is -2.40. The van der Waals surface area contributed by atoms with Gasteiger partial charge in [-0.05, 0) is 69.1 Å². The molecule has 1 aromatic heterocycles. The van der Waals surface area contributed by atoms with E-state index >= 15 is 0 Å². The number of piperidine rings is 2. The Hall–Kier alpha value is -1.98. The van der Waals surface area contributed by atoms with Crippen molar-refractivity contribution < 1.29 is 4.79 Å². The lowest BCUT2D eigenvalue weighted by Crippen LogP contribution is -2.48. The Kier molecular flexibility index (Phi) is 6.46. The van der Waals surface area contributed by atoms with Crippen LogP contribution in [0, 0.1) is 0 Å². The Balaban J connectivity index is 1.33. The van der Waals surface area contributed by atoms with Crippen LogP contribution in [0.15, 0.2) is 36.5 Å². The van der Waals surface area contributed by atoms with Gasteiger partial charge < -0.3 is 19.7 Å². The van der Waals surface area contributed by atoms with Gasteiger partial charge in [-0.15, -0.1) is 0 Å². The Bertz CT molecular complexity index is 835. The zero-order valence-corrected chi connectivity index (χ0v) is 18.0. The van der Waals surface area contributed by atoms with E-state index in [1.165, 1.54) is 38.0 Å². The lowest BCUT2D eigenvalue weighted by atomic mass is 9.99. The maximum atomic E-state index is 13.0. The number of carbonyl (C=O) groups excluding carboxylic acids is 1. The van der Waals surface area contributed by atoms with Crippen molar-refractivity contribution in [3.05, 3.63) is 52.8 Å². The van der Waals surface area contributed by atoms with Gasteiger partial charge in [-0.25, -0.2) is 0 Å². The molecule has 1 N–H and O–H groups in total. The Morgan fingerprint density at radius 2 is 1.86 bits per heavy atom. The van der Waals surface area contributed by atoms with E-state index in [-0.39, 0.29) is 5.91 Å². The number of nitrogens with zero attached hydrogens (tertiary/aromatic N) is 3. The number of anilines is 1. The summed E-state index contributed by atoms with van der Waals surface area (Å²) in [5.41, 5.74) is 2.71. The number of carbonyl (C=O) groups is 1. The van der Waals surface area contributed by atoms with Crippen molar-refractivity contribution in [1.29, 1.82) is 0 Å². The highest BCUT2D eigenvalue weighted by Gasteiger charge is 2.28. The molecular weight excluding hydrogens is 384 g/mol. The standard InChI is InChI=1S/C23H31ClN4O/c1-26-11-5-6-20(26)17-25-22-8-7-18(16-21(22)24)23(29)28-14-9-19(10-15-28)27-12-3-2-4-13-27/h5-8,11,16,19,25H,2-4,9-10,12-15,17H2,1H3. The third kappa shape index (κ3) is 4.78. The molecule has 29 heavy (non-hydrogen) atoms. The van der Waals surface area contributed by atoms with E-state index in [2.05, 4.69) is 20.9 Å². The highest BCUT2D eigenvalue weighted by Crippen LogP contribution is 2.26. The minimum Gasteiger partial charge on any atom is -0.378 e. The summed E-state index contributed by atoms with van der Waals surface area (Å²) in [7, 11) is 2.02. The van der Waals surface area contributed by atoms with Gasteiger partial charge in [0.2, 0.25) is 0 Å². The van der Waals surface area contributed by atoms with Crippen LogP contribution < -0.4 is 5.32 Å². The van der Waals surface area contributed by atoms with Gasteiger partial charge in [0, 0.05) is 43.6 Å². The Morgan fingerprint density at radius 3 is 2.52 bits per heavy atom. The van der Waals surface area contributed by atoms with Crippen LogP contribution in [0.2, 0.25) is 5.02 Å². The van der Waals surface area contributed by atoms with Crippen LogP contribution in [0.25, 0.3) is 0 Å². The predicted octanol–water partition coefficient (Wildman–Crippen LogP) is 4.38. The van der Waals surface area contributed by atoms with Crippen molar-refractivity contribution in [2.75, 3.05) is 31.5 Å². The first kappa shape index (κ1) is 20.3. The molecule has 5 nitrogen and oxygen atoms in total. The second-order valence-corrected chi connectivity index (χ2v) is 8.69. The molecule has 0 bridgehead atoms. The Morgan fingerprint density at radius 1 is 1.10 bits per heavy atom. The molecule has 6 heteroatoms. The van der Waals surface area contributed by atoms with Gasteiger partial charge in [-0.3, -0.25) is 4.79 Å². The third-order valence-corrected chi connectivity index (χ3v) is 6.70. The SMILES string of the molecule is Cn1cccc1CNc1ccc(C(=O)N2CCC(N3CCCCC3)CC2)cc1Cl. The molecule has 2 fully saturated rings. The maximum absolute atomic E-state index is 13.0. The molecule has 3 heterocycles. The fourth-order valence-electron chi connectivity index (χ4n) is 4.56. The molecule has 2 aromatic rings. The van der Waals surface area contributed by atoms with Crippen LogP contribution in [0.3, 0.4) is 0 Å². The van der Waals surface area contributed by atoms with E-state index < -0.39 is 0 Å². The van der Waals surface area contributed by atoms with E-state index in [0.29, 0.717) is 23.2 Å². The minimum absolute atomic E-state index is 0.0954. The summed E-state index contributed by atoms with van der Waals surface area (Å²) in [6.45, 7) is 4.83. The number of benzene rings is 1. The molecular formula is C23H31ClN4O. The van der Waals surface area contributed by atoms with Gasteiger partial charge in [0.15, 0.2) is 0 Å². The molecule has 4 rings (SSSR count). The zero-order valence-electron chi connectivity index (χ0n) is 17.2. The van der Waals surface area contributed by atoms with Crippen LogP contribution in [0.1, 0.15) is 48.2 Å². The van der Waals surface area contributed by atoms with Crippen molar-refractivity contribution in [1.82, 2.24) is 14.4 Å². The molecule has 156 valence electrons. The molecule has 0 saturated carbocycles. The summed E-state index contributed by atoms with van der Waals surface area (Å²) in [4.78, 5) is 17.6. The van der Waals surface area contributed by atoms with Gasteiger partial charge in [-0.2, -0.15) is 0 Å². The summed E-state index contributed by atoms with van der Waals surface area (Å²) in [5, 5.41) is 3.95. The number of likely N-dealkylation sites (tertiary alicyclic amines) is 2. The van der Waals surface area contributed by atoms with Gasteiger partial charge in [-0.1, -0.05) is 18.0 Å². The van der Waals surface area contributed by atoms with Crippen molar-refractivity contribution in [2.24, 2.45) is 7.05 Å². The highest BCUT2D eigenvalue weighted by molar-refractivity contribution is 6.33. The monoisotopic (exact) mass is 414 g/mol. The molecule has 1 amide bonds. The van der Waals surface area contributed by atoms with Crippen molar-refractivity contribution in [3.63, 3.8) is 0 Å². The Labute approximate surface area is 178 Å². The highest BCUT2D eigenvalue weighted by atomic mass is 35.5. The predicted molar refractivity (Wildman–Crippen MR) is 119 cm³/mol. The smallest absolute Gasteiger partial charge is 0.253 e. The summed E-state index contributed by atoms with van der Waals surface area (Å²) in [5.74, 6) is 0.0954. The van der Waals surface area contributed by atoms with E-state index in [1.807, 2.05) is 36.3 Å². The molecule has 2 aliphatic rings. The normalized spacial score (nSPS) is 18.8. The fraction of sp³-hybridized carbons (Fsp3) is 0.522. The molecule has 2 aliphatic heterocycles. The fourth-order valence-corrected chi connectivity index (χ4v) is 4.80. The maximum Gasteiger partial charge on any atom is 0.253 e. The summed E-state index contributed by atoms with van der Waals surface area (Å²) in [6.07, 6.45) is 8.19. The van der Waals surface area contributed by atoms with Crippen molar-refractivity contribution in [2.45, 2.75) is 44.7 Å². The van der Waals surface area contributed by atoms with Crippen LogP contribution in [-0.2, 0) is 13.6 Å². The molecule has 0 aliphatic carbocycles. The lowest BCUT2D eigenvalue weighted by molar-refractivity contribution is 0.0590. The largest absolute Gasteiger partial charge is 0.378 e.